The molecule has 11 nitrogen and oxygen atoms in total. The van der Waals surface area contributed by atoms with Crippen LogP contribution in [-0.2, 0) is 36.4 Å². The van der Waals surface area contributed by atoms with Gasteiger partial charge in [-0.1, -0.05) is 6.07 Å². The monoisotopic (exact) mass is 546 g/mol. The summed E-state index contributed by atoms with van der Waals surface area (Å²) in [7, 11) is -4.64. The van der Waals surface area contributed by atoms with Crippen molar-refractivity contribution in [2.45, 2.75) is 12.7 Å². The van der Waals surface area contributed by atoms with Crippen molar-refractivity contribution in [2.75, 3.05) is 35.8 Å². The third kappa shape index (κ3) is 6.91. The van der Waals surface area contributed by atoms with Crippen molar-refractivity contribution in [3.05, 3.63) is 59.9 Å². The fraction of sp³-hybridized carbons (Fsp3) is 0.250. The van der Waals surface area contributed by atoms with Gasteiger partial charge in [-0.3, -0.25) is 9.29 Å². The van der Waals surface area contributed by atoms with Crippen molar-refractivity contribution in [3.8, 4) is 0 Å². The van der Waals surface area contributed by atoms with Gasteiger partial charge in [0.1, 0.15) is 17.2 Å². The molecular weight excluding hydrogens is 524 g/mol. The smallest absolute Gasteiger partial charge is 0.365 e. The normalized spacial score (nSPS) is 12.3. The van der Waals surface area contributed by atoms with E-state index < -0.39 is 35.2 Å². The molecule has 0 aliphatic carbocycles. The average Bonchev–Trinajstić information content (AvgIpc) is 2.82. The number of nitrogens with one attached hydrogen (secondary N) is 3. The van der Waals surface area contributed by atoms with Crippen molar-refractivity contribution in [3.63, 3.8) is 0 Å². The zero-order chi connectivity index (χ0) is 26.6. The summed E-state index contributed by atoms with van der Waals surface area (Å²) in [5, 5.41) is 5.63. The highest BCUT2D eigenvalue weighted by Gasteiger charge is 2.35. The zero-order valence-corrected chi connectivity index (χ0v) is 20.9. The number of hydrogen-bond acceptors (Lipinski definition) is 10. The lowest BCUT2D eigenvalue weighted by Crippen LogP contribution is -2.16. The molecule has 3 N–H and O–H groups in total. The van der Waals surface area contributed by atoms with Crippen LogP contribution in [0.1, 0.15) is 11.1 Å². The molecule has 16 heteroatoms. The predicted molar refractivity (Wildman–Crippen MR) is 128 cm³/mol. The average molecular weight is 546 g/mol. The molecule has 2 heterocycles. The first kappa shape index (κ1) is 27.3. The van der Waals surface area contributed by atoms with Crippen LogP contribution < -0.4 is 20.7 Å². The van der Waals surface area contributed by atoms with Crippen LogP contribution in [0.25, 0.3) is 0 Å². The summed E-state index contributed by atoms with van der Waals surface area (Å²) >= 11 is 0. The number of anilines is 4. The van der Waals surface area contributed by atoms with Gasteiger partial charge in [0.05, 0.1) is 11.6 Å². The van der Waals surface area contributed by atoms with Crippen LogP contribution in [0.5, 0.6) is 0 Å². The van der Waals surface area contributed by atoms with Gasteiger partial charge in [0.2, 0.25) is 16.0 Å². The van der Waals surface area contributed by atoms with E-state index in [0.29, 0.717) is 17.4 Å². The Morgan fingerprint density at radius 1 is 1.03 bits per heavy atom. The summed E-state index contributed by atoms with van der Waals surface area (Å²) in [6.45, 7) is -0.219. The lowest BCUT2D eigenvalue weighted by molar-refractivity contribution is -0.137. The molecular formula is C20H22F3N6O5PS. The molecule has 0 saturated heterocycles. The molecule has 0 spiro atoms. The number of nitrogens with zero attached hydrogens (tertiary/aromatic N) is 3. The highest BCUT2D eigenvalue weighted by Crippen LogP contribution is 2.45. The molecule has 0 fully saturated rings. The number of alkyl halides is 3. The maximum atomic E-state index is 13.6. The maximum absolute atomic E-state index is 13.6. The van der Waals surface area contributed by atoms with Crippen LogP contribution in [-0.4, -0.2) is 43.8 Å². The van der Waals surface area contributed by atoms with Crippen LogP contribution in [0, 0.1) is 0 Å². The molecule has 0 aliphatic heterocycles. The fourth-order valence-electron chi connectivity index (χ4n) is 2.95. The topological polar surface area (TPSA) is 144 Å². The number of halogens is 3. The number of rotatable bonds is 10. The second-order valence-electron chi connectivity index (χ2n) is 7.23. The van der Waals surface area contributed by atoms with E-state index in [-0.39, 0.29) is 23.6 Å². The third-order valence-electron chi connectivity index (χ3n) is 4.63. The minimum absolute atomic E-state index is 0.0297. The first-order valence-electron chi connectivity index (χ1n) is 10.0. The van der Waals surface area contributed by atoms with E-state index in [1.54, 1.807) is 0 Å². The summed E-state index contributed by atoms with van der Waals surface area (Å²) in [4.78, 5) is 11.6. The van der Waals surface area contributed by atoms with Gasteiger partial charge in [0.25, 0.3) is 0 Å². The predicted octanol–water partition coefficient (Wildman–Crippen LogP) is 3.73. The van der Waals surface area contributed by atoms with Crippen molar-refractivity contribution >= 4 is 46.2 Å². The van der Waals surface area contributed by atoms with Gasteiger partial charge in [-0.05, 0) is 30.3 Å². The van der Waals surface area contributed by atoms with Crippen LogP contribution in [0.15, 0.2) is 48.8 Å². The number of aromatic nitrogens is 3. The second kappa shape index (κ2) is 10.8. The van der Waals surface area contributed by atoms with Gasteiger partial charge in [-0.25, -0.2) is 18.4 Å². The SMILES string of the molecule is COP(=O)(OC)c1ccc(Nc2ncc(C(F)(F)F)c(NCc3cccnc3NS(C)(=O)=O)n2)cc1. The molecule has 0 saturated carbocycles. The van der Waals surface area contributed by atoms with E-state index in [4.69, 9.17) is 9.05 Å². The van der Waals surface area contributed by atoms with E-state index in [1.807, 2.05) is 0 Å². The fourth-order valence-corrected chi connectivity index (χ4v) is 4.57. The largest absolute Gasteiger partial charge is 0.421 e. The van der Waals surface area contributed by atoms with Crippen molar-refractivity contribution in [1.29, 1.82) is 0 Å². The van der Waals surface area contributed by atoms with Crippen LogP contribution in [0.3, 0.4) is 0 Å². The molecule has 1 aromatic carbocycles. The van der Waals surface area contributed by atoms with E-state index in [2.05, 4.69) is 30.3 Å². The molecule has 2 aromatic heterocycles. The molecule has 0 radical (unpaired) electrons. The molecule has 0 bridgehead atoms. The molecule has 0 amide bonds. The number of hydrogen-bond donors (Lipinski definition) is 3. The summed E-state index contributed by atoms with van der Waals surface area (Å²) in [5.74, 6) is -0.715. The third-order valence-corrected chi connectivity index (χ3v) is 7.09. The highest BCUT2D eigenvalue weighted by molar-refractivity contribution is 7.92. The minimum atomic E-state index is -4.76. The summed E-state index contributed by atoms with van der Waals surface area (Å²) in [5.41, 5.74) is -0.429. The molecule has 0 aliphatic rings. The second-order valence-corrected chi connectivity index (χ2v) is 11.2. The molecule has 3 rings (SSSR count). The van der Waals surface area contributed by atoms with Crippen LogP contribution in [0.2, 0.25) is 0 Å². The quantitative estimate of drug-likeness (QED) is 0.322. The Bertz CT molecular complexity index is 1370. The summed E-state index contributed by atoms with van der Waals surface area (Å²) < 4.78 is 88.3. The summed E-state index contributed by atoms with van der Waals surface area (Å²) in [6.07, 6.45) is -1.87. The Morgan fingerprint density at radius 2 is 1.69 bits per heavy atom. The lowest BCUT2D eigenvalue weighted by atomic mass is 10.2. The Hall–Kier alpha value is -3.26. The lowest BCUT2D eigenvalue weighted by Gasteiger charge is -2.16. The summed E-state index contributed by atoms with van der Waals surface area (Å²) in [6, 6.07) is 8.97. The Labute approximate surface area is 205 Å². The number of pyridine rings is 1. The van der Waals surface area contributed by atoms with E-state index in [0.717, 1.165) is 6.26 Å². The maximum Gasteiger partial charge on any atom is 0.421 e. The van der Waals surface area contributed by atoms with E-state index >= 15 is 0 Å². The van der Waals surface area contributed by atoms with E-state index in [1.165, 1.54) is 56.8 Å². The number of benzene rings is 1. The van der Waals surface area contributed by atoms with Crippen molar-refractivity contribution in [2.24, 2.45) is 0 Å². The van der Waals surface area contributed by atoms with Crippen molar-refractivity contribution < 1.29 is 35.2 Å². The van der Waals surface area contributed by atoms with Gasteiger partial charge in [0, 0.05) is 44.4 Å². The highest BCUT2D eigenvalue weighted by atomic mass is 32.2. The van der Waals surface area contributed by atoms with Crippen LogP contribution >= 0.6 is 7.60 Å². The Kier molecular flexibility index (Phi) is 8.19. The minimum Gasteiger partial charge on any atom is -0.365 e. The first-order chi connectivity index (χ1) is 16.8. The zero-order valence-electron chi connectivity index (χ0n) is 19.2. The van der Waals surface area contributed by atoms with Gasteiger partial charge in [0.15, 0.2) is 0 Å². The van der Waals surface area contributed by atoms with Gasteiger partial charge in [-0.15, -0.1) is 0 Å². The first-order valence-corrected chi connectivity index (χ1v) is 13.5. The Morgan fingerprint density at radius 3 is 2.28 bits per heavy atom. The van der Waals surface area contributed by atoms with Gasteiger partial charge >= 0.3 is 13.8 Å². The van der Waals surface area contributed by atoms with Crippen molar-refractivity contribution in [1.82, 2.24) is 15.0 Å². The molecule has 3 aromatic rings. The van der Waals surface area contributed by atoms with Gasteiger partial charge < -0.3 is 19.7 Å². The van der Waals surface area contributed by atoms with Crippen LogP contribution in [0.4, 0.5) is 36.4 Å². The molecule has 0 unspecified atom stereocenters. The van der Waals surface area contributed by atoms with Gasteiger partial charge in [-0.2, -0.15) is 18.2 Å². The standard InChI is InChI=1S/C20H22F3N6O5PS/c1-33-35(30,34-2)15-8-6-14(7-9-15)27-19-26-12-16(20(21,22)23)18(28-19)25-11-13-5-4-10-24-17(13)29-36(3,31)32/h4-10,12H,11H2,1-3H3,(H,24,29)(H2,25,26,27,28). The molecule has 194 valence electrons. The number of sulfonamides is 1. The molecule has 0 atom stereocenters. The Balaban J connectivity index is 1.86. The molecule has 36 heavy (non-hydrogen) atoms. The van der Waals surface area contributed by atoms with E-state index in [9.17, 15) is 26.2 Å².